The molecule has 0 radical (unpaired) electrons. The van der Waals surface area contributed by atoms with E-state index in [9.17, 15) is 19.2 Å². The Morgan fingerprint density at radius 3 is 1.29 bits per heavy atom. The van der Waals surface area contributed by atoms with Gasteiger partial charge in [0.15, 0.2) is 0 Å². The number of amides is 4. The van der Waals surface area contributed by atoms with Gasteiger partial charge in [0.2, 0.25) is 0 Å². The van der Waals surface area contributed by atoms with Crippen molar-refractivity contribution in [3.63, 3.8) is 0 Å². The average molecular weight is 489 g/mol. The van der Waals surface area contributed by atoms with E-state index >= 15 is 0 Å². The lowest BCUT2D eigenvalue weighted by Crippen LogP contribution is -2.40. The zero-order chi connectivity index (χ0) is 24.1. The fourth-order valence-corrected chi connectivity index (χ4v) is 6.98. The van der Waals surface area contributed by atoms with Gasteiger partial charge in [-0.25, -0.2) is 0 Å². The van der Waals surface area contributed by atoms with Gasteiger partial charge >= 0.3 is 0 Å². The molecule has 6 rings (SSSR count). The highest BCUT2D eigenvalue weighted by atomic mass is 32.2. The van der Waals surface area contributed by atoms with Crippen molar-refractivity contribution >= 4 is 35.4 Å². The van der Waals surface area contributed by atoms with Crippen LogP contribution in [0, 0.1) is 0 Å². The smallest absolute Gasteiger partial charge is 0.261 e. The van der Waals surface area contributed by atoms with Crippen LogP contribution in [-0.4, -0.2) is 45.5 Å². The number of carbonyl (C=O) groups excluding carboxylic acids is 4. The monoisotopic (exact) mass is 488 g/mol. The quantitative estimate of drug-likeness (QED) is 0.517. The summed E-state index contributed by atoms with van der Waals surface area (Å²) in [7, 11) is 0. The van der Waals surface area contributed by atoms with Gasteiger partial charge in [0.1, 0.15) is 0 Å². The molecule has 0 aromatic heterocycles. The first-order valence-electron chi connectivity index (χ1n) is 12.7. The Labute approximate surface area is 209 Å². The molecule has 4 amide bonds. The second-order valence-electron chi connectivity index (χ2n) is 10.1. The molecule has 0 bridgehead atoms. The van der Waals surface area contributed by atoms with Crippen molar-refractivity contribution in [3.05, 3.63) is 58.7 Å². The van der Waals surface area contributed by atoms with E-state index < -0.39 is 0 Å². The largest absolute Gasteiger partial charge is 0.271 e. The molecule has 2 aromatic carbocycles. The Morgan fingerprint density at radius 2 is 0.886 bits per heavy atom. The summed E-state index contributed by atoms with van der Waals surface area (Å²) in [4.78, 5) is 56.8. The summed E-state index contributed by atoms with van der Waals surface area (Å²) >= 11 is 1.44. The fraction of sp³-hybridized carbons (Fsp3) is 0.429. The zero-order valence-corrected chi connectivity index (χ0v) is 20.4. The second kappa shape index (κ2) is 8.94. The van der Waals surface area contributed by atoms with E-state index in [1.165, 1.54) is 21.6 Å². The minimum Gasteiger partial charge on any atom is -0.271 e. The van der Waals surface area contributed by atoms with Crippen molar-refractivity contribution in [2.24, 2.45) is 0 Å². The van der Waals surface area contributed by atoms with Crippen molar-refractivity contribution in [2.45, 2.75) is 86.1 Å². The van der Waals surface area contributed by atoms with Gasteiger partial charge in [-0.15, -0.1) is 0 Å². The predicted molar refractivity (Wildman–Crippen MR) is 132 cm³/mol. The third-order valence-corrected chi connectivity index (χ3v) is 8.87. The van der Waals surface area contributed by atoms with Gasteiger partial charge in [-0.3, -0.25) is 29.0 Å². The highest BCUT2D eigenvalue weighted by Gasteiger charge is 2.41. The third-order valence-electron chi connectivity index (χ3n) is 7.89. The maximum Gasteiger partial charge on any atom is 0.261 e. The molecule has 2 aliphatic heterocycles. The molecule has 6 nitrogen and oxygen atoms in total. The fourth-order valence-electron chi connectivity index (χ4n) is 6.08. The minimum atomic E-state index is -0.197. The third kappa shape index (κ3) is 3.80. The predicted octanol–water partition coefficient (Wildman–Crippen LogP) is 5.70. The molecular weight excluding hydrogens is 460 g/mol. The number of benzene rings is 2. The summed E-state index contributed by atoms with van der Waals surface area (Å²) in [6.45, 7) is 0. The van der Waals surface area contributed by atoms with Gasteiger partial charge in [-0.05, 0) is 62.1 Å². The molecule has 0 spiro atoms. The first-order chi connectivity index (χ1) is 17.0. The van der Waals surface area contributed by atoms with E-state index in [4.69, 9.17) is 0 Å². The van der Waals surface area contributed by atoms with Gasteiger partial charge in [-0.1, -0.05) is 50.3 Å². The van der Waals surface area contributed by atoms with Crippen molar-refractivity contribution in [2.75, 3.05) is 0 Å². The molecule has 7 heteroatoms. The van der Waals surface area contributed by atoms with Crippen LogP contribution in [-0.2, 0) is 0 Å². The summed E-state index contributed by atoms with van der Waals surface area (Å²) in [5.74, 6) is -0.759. The van der Waals surface area contributed by atoms with Crippen molar-refractivity contribution in [1.82, 2.24) is 9.80 Å². The number of carbonyl (C=O) groups is 4. The molecule has 2 aliphatic carbocycles. The molecule has 2 saturated carbocycles. The maximum absolute atomic E-state index is 13.1. The normalized spacial score (nSPS) is 21.1. The van der Waals surface area contributed by atoms with Crippen LogP contribution in [0.4, 0.5) is 0 Å². The summed E-state index contributed by atoms with van der Waals surface area (Å²) in [5.41, 5.74) is 1.87. The Bertz CT molecular complexity index is 1150. The van der Waals surface area contributed by atoms with E-state index in [0.29, 0.717) is 22.3 Å². The van der Waals surface area contributed by atoms with Crippen LogP contribution in [0.25, 0.3) is 0 Å². The van der Waals surface area contributed by atoms with Crippen LogP contribution >= 0.6 is 11.8 Å². The Hall–Kier alpha value is -2.93. The van der Waals surface area contributed by atoms with E-state index in [0.717, 1.165) is 74.0 Å². The molecule has 0 N–H and O–H groups in total. The Morgan fingerprint density at radius 1 is 0.514 bits per heavy atom. The van der Waals surface area contributed by atoms with Crippen LogP contribution in [0.1, 0.15) is 106 Å². The first-order valence-corrected chi connectivity index (χ1v) is 13.6. The van der Waals surface area contributed by atoms with Crippen LogP contribution < -0.4 is 0 Å². The van der Waals surface area contributed by atoms with E-state index in [1.54, 1.807) is 24.3 Å². The summed E-state index contributed by atoms with van der Waals surface area (Å²) in [6, 6.07) is 10.8. The molecule has 2 aromatic rings. The summed E-state index contributed by atoms with van der Waals surface area (Å²) < 4.78 is 0. The van der Waals surface area contributed by atoms with Gasteiger partial charge in [0.05, 0.1) is 22.3 Å². The lowest BCUT2D eigenvalue weighted by Gasteiger charge is -2.29. The summed E-state index contributed by atoms with van der Waals surface area (Å²) in [6.07, 6.45) is 10.1. The lowest BCUT2D eigenvalue weighted by atomic mass is 9.94. The molecule has 2 fully saturated rings. The van der Waals surface area contributed by atoms with E-state index in [-0.39, 0.29) is 35.7 Å². The molecule has 180 valence electrons. The van der Waals surface area contributed by atoms with Gasteiger partial charge < -0.3 is 0 Å². The molecule has 2 heterocycles. The molecular formula is C28H28N2O4S. The van der Waals surface area contributed by atoms with Crippen LogP contribution in [0.5, 0.6) is 0 Å². The minimum absolute atomic E-state index is 0.000349. The van der Waals surface area contributed by atoms with E-state index in [2.05, 4.69) is 0 Å². The highest BCUT2D eigenvalue weighted by Crippen LogP contribution is 2.37. The number of hydrogen-bond donors (Lipinski definition) is 0. The molecule has 0 unspecified atom stereocenters. The van der Waals surface area contributed by atoms with Gasteiger partial charge in [-0.2, -0.15) is 0 Å². The number of fused-ring (bicyclic) bond motifs is 2. The standard InChI is InChI=1S/C28H28N2O4S/c31-25-21-13-11-19(15-23(21)27(33)29(25)17-7-3-1-4-8-17)35-20-12-14-22-24(16-20)28(34)30(26(22)32)18-9-5-2-6-10-18/h11-18H,1-10H2. The molecule has 4 aliphatic rings. The number of rotatable bonds is 4. The highest BCUT2D eigenvalue weighted by molar-refractivity contribution is 7.99. The number of hydrogen-bond acceptors (Lipinski definition) is 5. The van der Waals surface area contributed by atoms with Crippen molar-refractivity contribution in [3.8, 4) is 0 Å². The summed E-state index contributed by atoms with van der Waals surface area (Å²) in [5, 5.41) is 0. The van der Waals surface area contributed by atoms with Crippen LogP contribution in [0.3, 0.4) is 0 Å². The Balaban J connectivity index is 1.23. The van der Waals surface area contributed by atoms with Crippen molar-refractivity contribution in [1.29, 1.82) is 0 Å². The molecule has 35 heavy (non-hydrogen) atoms. The number of imide groups is 2. The van der Waals surface area contributed by atoms with Crippen LogP contribution in [0.15, 0.2) is 46.2 Å². The van der Waals surface area contributed by atoms with Gasteiger partial charge in [0.25, 0.3) is 23.6 Å². The maximum atomic E-state index is 13.1. The van der Waals surface area contributed by atoms with E-state index in [1.807, 2.05) is 12.1 Å². The lowest BCUT2D eigenvalue weighted by molar-refractivity contribution is 0.0533. The topological polar surface area (TPSA) is 74.8 Å². The Kier molecular flexibility index (Phi) is 5.75. The van der Waals surface area contributed by atoms with Crippen molar-refractivity contribution < 1.29 is 19.2 Å². The zero-order valence-electron chi connectivity index (χ0n) is 19.6. The average Bonchev–Trinajstić information content (AvgIpc) is 3.28. The SMILES string of the molecule is O=C1c2ccc(Sc3ccc4c(c3)C(=O)N(C3CCCCC3)C4=O)cc2C(=O)N1C1CCCCC1. The number of nitrogens with zero attached hydrogens (tertiary/aromatic N) is 2. The van der Waals surface area contributed by atoms with Crippen LogP contribution in [0.2, 0.25) is 0 Å². The second-order valence-corrected chi connectivity index (χ2v) is 11.2. The first kappa shape index (κ1) is 22.5. The molecule has 0 atom stereocenters. The van der Waals surface area contributed by atoms with Gasteiger partial charge in [0, 0.05) is 21.9 Å². The molecule has 0 saturated heterocycles.